The van der Waals surface area contributed by atoms with Crippen molar-refractivity contribution in [3.8, 4) is 0 Å². The van der Waals surface area contributed by atoms with Crippen LogP contribution in [0, 0.1) is 0 Å². The molecule has 5 heteroatoms. The Labute approximate surface area is 128 Å². The summed E-state index contributed by atoms with van der Waals surface area (Å²) in [5.41, 5.74) is 1.88. The van der Waals surface area contributed by atoms with E-state index in [0.717, 1.165) is 24.9 Å². The fourth-order valence-electron chi connectivity index (χ4n) is 2.99. The van der Waals surface area contributed by atoms with Crippen molar-refractivity contribution >= 4 is 11.9 Å². The van der Waals surface area contributed by atoms with Crippen LogP contribution in [0.15, 0.2) is 42.6 Å². The van der Waals surface area contributed by atoms with Gasteiger partial charge in [0.15, 0.2) is 0 Å². The number of nitrogens with zero attached hydrogens (tertiary/aromatic N) is 1. The fourth-order valence-corrected chi connectivity index (χ4v) is 2.99. The van der Waals surface area contributed by atoms with Gasteiger partial charge in [-0.1, -0.05) is 12.1 Å². The number of carboxylic acids is 1. The first kappa shape index (κ1) is 14.4. The average Bonchev–Trinajstić information content (AvgIpc) is 3.09. The number of nitrogens with one attached hydrogen (secondary N) is 1. The first-order valence-electron chi connectivity index (χ1n) is 7.41. The molecular weight excluding hydrogens is 280 g/mol. The molecule has 114 valence electrons. The molecule has 2 heterocycles. The second-order valence-corrected chi connectivity index (χ2v) is 5.60. The van der Waals surface area contributed by atoms with Crippen LogP contribution in [0.3, 0.4) is 0 Å². The van der Waals surface area contributed by atoms with Crippen molar-refractivity contribution in [1.29, 1.82) is 0 Å². The third-order valence-corrected chi connectivity index (χ3v) is 4.14. The van der Waals surface area contributed by atoms with Crippen molar-refractivity contribution < 1.29 is 14.7 Å². The van der Waals surface area contributed by atoms with Gasteiger partial charge in [0.05, 0.1) is 5.56 Å². The van der Waals surface area contributed by atoms with Crippen molar-refractivity contribution in [1.82, 2.24) is 9.88 Å². The number of carbonyl (C=O) groups excluding carboxylic acids is 1. The molecular formula is C17H18N2O3. The van der Waals surface area contributed by atoms with Gasteiger partial charge in [0.2, 0.25) is 0 Å². The number of H-pyrrole nitrogens is 1. The van der Waals surface area contributed by atoms with E-state index in [-0.39, 0.29) is 11.8 Å². The van der Waals surface area contributed by atoms with E-state index in [1.807, 2.05) is 17.0 Å². The highest BCUT2D eigenvalue weighted by molar-refractivity contribution is 5.92. The second-order valence-electron chi connectivity index (χ2n) is 5.60. The number of rotatable bonds is 3. The summed E-state index contributed by atoms with van der Waals surface area (Å²) >= 11 is 0. The molecule has 0 bridgehead atoms. The van der Waals surface area contributed by atoms with E-state index < -0.39 is 5.97 Å². The Kier molecular flexibility index (Phi) is 3.96. The van der Waals surface area contributed by atoms with Crippen LogP contribution in [0.5, 0.6) is 0 Å². The molecule has 1 fully saturated rings. The lowest BCUT2D eigenvalue weighted by Crippen LogP contribution is -2.39. The summed E-state index contributed by atoms with van der Waals surface area (Å²) in [6.07, 6.45) is 3.64. The molecule has 0 radical (unpaired) electrons. The molecule has 0 saturated carbocycles. The number of amides is 1. The number of benzene rings is 1. The largest absolute Gasteiger partial charge is 0.478 e. The van der Waals surface area contributed by atoms with Crippen LogP contribution in [-0.4, -0.2) is 40.0 Å². The van der Waals surface area contributed by atoms with Crippen LogP contribution in [0.1, 0.15) is 45.2 Å². The topological polar surface area (TPSA) is 73.4 Å². The van der Waals surface area contributed by atoms with Gasteiger partial charge in [-0.15, -0.1) is 0 Å². The highest BCUT2D eigenvalue weighted by Gasteiger charge is 2.26. The molecule has 0 spiro atoms. The molecule has 0 aliphatic carbocycles. The normalized spacial score (nSPS) is 18.2. The molecule has 1 aromatic carbocycles. The van der Waals surface area contributed by atoms with E-state index in [9.17, 15) is 9.59 Å². The summed E-state index contributed by atoms with van der Waals surface area (Å²) in [6, 6.07) is 10.6. The summed E-state index contributed by atoms with van der Waals surface area (Å²) in [7, 11) is 0. The summed E-state index contributed by atoms with van der Waals surface area (Å²) in [5, 5.41) is 9.10. The molecule has 2 aromatic rings. The standard InChI is InChI=1S/C17H18N2O3/c20-16(15-7-2-8-18-15)19-9-3-6-14(11-19)12-4-1-5-13(10-12)17(21)22/h1-2,4-5,7-8,10,14,18H,3,6,9,11H2,(H,21,22). The monoisotopic (exact) mass is 298 g/mol. The summed E-state index contributed by atoms with van der Waals surface area (Å²) in [4.78, 5) is 28.3. The number of likely N-dealkylation sites (tertiary alicyclic amines) is 1. The zero-order valence-corrected chi connectivity index (χ0v) is 12.2. The number of aromatic amines is 1. The number of aromatic nitrogens is 1. The Bertz CT molecular complexity index is 679. The lowest BCUT2D eigenvalue weighted by Gasteiger charge is -2.33. The molecule has 5 nitrogen and oxygen atoms in total. The van der Waals surface area contributed by atoms with E-state index >= 15 is 0 Å². The average molecular weight is 298 g/mol. The Morgan fingerprint density at radius 3 is 2.82 bits per heavy atom. The maximum Gasteiger partial charge on any atom is 0.335 e. The SMILES string of the molecule is O=C(O)c1cccc(C2CCCN(C(=O)c3ccc[nH]3)C2)c1. The van der Waals surface area contributed by atoms with E-state index in [4.69, 9.17) is 5.11 Å². The molecule has 1 amide bonds. The summed E-state index contributed by atoms with van der Waals surface area (Å²) < 4.78 is 0. The third-order valence-electron chi connectivity index (χ3n) is 4.14. The van der Waals surface area contributed by atoms with Gasteiger partial charge in [-0.2, -0.15) is 0 Å². The zero-order chi connectivity index (χ0) is 15.5. The predicted molar refractivity (Wildman–Crippen MR) is 82.1 cm³/mol. The molecule has 1 unspecified atom stereocenters. The quantitative estimate of drug-likeness (QED) is 0.915. The van der Waals surface area contributed by atoms with Gasteiger partial charge >= 0.3 is 5.97 Å². The van der Waals surface area contributed by atoms with Crippen LogP contribution < -0.4 is 0 Å². The van der Waals surface area contributed by atoms with Crippen molar-refractivity contribution in [2.75, 3.05) is 13.1 Å². The van der Waals surface area contributed by atoms with Crippen LogP contribution in [0.25, 0.3) is 0 Å². The summed E-state index contributed by atoms with van der Waals surface area (Å²) in [6.45, 7) is 1.37. The number of piperidine rings is 1. The molecule has 3 rings (SSSR count). The van der Waals surface area contributed by atoms with Crippen LogP contribution in [0.4, 0.5) is 0 Å². The Morgan fingerprint density at radius 2 is 2.09 bits per heavy atom. The van der Waals surface area contributed by atoms with Gasteiger partial charge in [-0.25, -0.2) is 4.79 Å². The van der Waals surface area contributed by atoms with Gasteiger partial charge in [-0.05, 0) is 42.7 Å². The van der Waals surface area contributed by atoms with E-state index in [0.29, 0.717) is 17.8 Å². The van der Waals surface area contributed by atoms with Crippen molar-refractivity contribution in [2.24, 2.45) is 0 Å². The van der Waals surface area contributed by atoms with Crippen LogP contribution in [0.2, 0.25) is 0 Å². The lowest BCUT2D eigenvalue weighted by molar-refractivity contribution is 0.0686. The van der Waals surface area contributed by atoms with Gasteiger partial charge in [0.1, 0.15) is 5.69 Å². The Hall–Kier alpha value is -2.56. The van der Waals surface area contributed by atoms with E-state index in [1.54, 1.807) is 30.5 Å². The van der Waals surface area contributed by atoms with Crippen LogP contribution >= 0.6 is 0 Å². The van der Waals surface area contributed by atoms with Gasteiger partial charge in [-0.3, -0.25) is 4.79 Å². The van der Waals surface area contributed by atoms with E-state index in [1.165, 1.54) is 0 Å². The minimum absolute atomic E-state index is 0.00379. The van der Waals surface area contributed by atoms with Crippen molar-refractivity contribution in [3.05, 3.63) is 59.4 Å². The minimum atomic E-state index is -0.919. The Balaban J connectivity index is 1.77. The maximum absolute atomic E-state index is 12.4. The number of carbonyl (C=O) groups is 2. The van der Waals surface area contributed by atoms with Crippen molar-refractivity contribution in [3.63, 3.8) is 0 Å². The molecule has 1 aromatic heterocycles. The molecule has 1 aliphatic heterocycles. The molecule has 1 aliphatic rings. The van der Waals surface area contributed by atoms with Gasteiger partial charge < -0.3 is 15.0 Å². The van der Waals surface area contributed by atoms with E-state index in [2.05, 4.69) is 4.98 Å². The number of hydrogen-bond acceptors (Lipinski definition) is 2. The summed E-state index contributed by atoms with van der Waals surface area (Å²) in [5.74, 6) is -0.729. The molecule has 1 saturated heterocycles. The van der Waals surface area contributed by atoms with Crippen molar-refractivity contribution in [2.45, 2.75) is 18.8 Å². The minimum Gasteiger partial charge on any atom is -0.478 e. The lowest BCUT2D eigenvalue weighted by atomic mass is 9.89. The van der Waals surface area contributed by atoms with Crippen LogP contribution in [-0.2, 0) is 0 Å². The first-order valence-corrected chi connectivity index (χ1v) is 7.41. The molecule has 1 atom stereocenters. The van der Waals surface area contributed by atoms with Gasteiger partial charge in [0, 0.05) is 25.2 Å². The third kappa shape index (κ3) is 2.88. The highest BCUT2D eigenvalue weighted by Crippen LogP contribution is 2.28. The predicted octanol–water partition coefficient (Wildman–Crippen LogP) is 2.73. The zero-order valence-electron chi connectivity index (χ0n) is 12.2. The van der Waals surface area contributed by atoms with Gasteiger partial charge in [0.25, 0.3) is 5.91 Å². The Morgan fingerprint density at radius 1 is 1.23 bits per heavy atom. The number of carboxylic acid groups (broad SMARTS) is 1. The highest BCUT2D eigenvalue weighted by atomic mass is 16.4. The maximum atomic E-state index is 12.4. The molecule has 22 heavy (non-hydrogen) atoms. The number of hydrogen-bond donors (Lipinski definition) is 2. The first-order chi connectivity index (χ1) is 10.6. The number of aromatic carboxylic acids is 1. The molecule has 2 N–H and O–H groups in total. The fraction of sp³-hybridized carbons (Fsp3) is 0.294. The smallest absolute Gasteiger partial charge is 0.335 e. The second kappa shape index (κ2) is 6.05.